The van der Waals surface area contributed by atoms with Crippen LogP contribution in [0.3, 0.4) is 0 Å². The van der Waals surface area contributed by atoms with Gasteiger partial charge in [-0.15, -0.1) is 0 Å². The van der Waals surface area contributed by atoms with Crippen molar-refractivity contribution in [2.24, 2.45) is 5.92 Å². The maximum absolute atomic E-state index is 14.4. The number of amides is 5. The van der Waals surface area contributed by atoms with Gasteiger partial charge in [0.1, 0.15) is 23.5 Å². The number of sulfonamides is 1. The van der Waals surface area contributed by atoms with Gasteiger partial charge < -0.3 is 25.0 Å². The number of nitrogens with zero attached hydrogens (tertiary/aromatic N) is 2. The van der Waals surface area contributed by atoms with Crippen LogP contribution in [0, 0.1) is 11.7 Å². The third-order valence-electron chi connectivity index (χ3n) is 9.97. The third kappa shape index (κ3) is 8.31. The van der Waals surface area contributed by atoms with Gasteiger partial charge in [-0.1, -0.05) is 30.7 Å². The Labute approximate surface area is 296 Å². The average molecular weight is 732 g/mol. The van der Waals surface area contributed by atoms with Crippen LogP contribution in [-0.2, 0) is 47.0 Å². The molecule has 0 spiro atoms. The maximum atomic E-state index is 14.4. The van der Waals surface area contributed by atoms with Crippen LogP contribution in [0.4, 0.5) is 14.0 Å². The van der Waals surface area contributed by atoms with Crippen molar-refractivity contribution in [3.63, 3.8) is 0 Å². The van der Waals surface area contributed by atoms with Crippen molar-refractivity contribution in [2.75, 3.05) is 6.54 Å². The van der Waals surface area contributed by atoms with Crippen molar-refractivity contribution in [3.05, 3.63) is 47.3 Å². The molecule has 6 rings (SSSR count). The molecule has 5 atom stereocenters. The molecule has 0 radical (unpaired) electrons. The summed E-state index contributed by atoms with van der Waals surface area (Å²) < 4.78 is 53.5. The molecule has 3 fully saturated rings. The van der Waals surface area contributed by atoms with Crippen molar-refractivity contribution in [3.8, 4) is 0 Å². The van der Waals surface area contributed by atoms with Crippen LogP contribution in [0.5, 0.6) is 0 Å². The highest BCUT2D eigenvalue weighted by atomic mass is 32.2. The monoisotopic (exact) mass is 731 g/mol. The van der Waals surface area contributed by atoms with Crippen molar-refractivity contribution >= 4 is 39.9 Å². The Bertz CT molecular complexity index is 1730. The van der Waals surface area contributed by atoms with Gasteiger partial charge in [-0.05, 0) is 77.3 Å². The summed E-state index contributed by atoms with van der Waals surface area (Å²) in [4.78, 5) is 70.7. The summed E-state index contributed by atoms with van der Waals surface area (Å²) >= 11 is 0. The largest absolute Gasteiger partial charge is 0.444 e. The fourth-order valence-corrected chi connectivity index (χ4v) is 8.34. The number of alkyl carbamates (subject to hydrolysis) is 1. The number of hydrogen-bond acceptors (Lipinski definition) is 9. The first-order valence-corrected chi connectivity index (χ1v) is 19.2. The number of halogens is 1. The fourth-order valence-electron chi connectivity index (χ4n) is 6.98. The molecule has 5 aliphatic rings. The van der Waals surface area contributed by atoms with Crippen molar-refractivity contribution in [2.45, 2.75) is 126 Å². The summed E-state index contributed by atoms with van der Waals surface area (Å²) in [6, 6.07) is 3.35. The highest BCUT2D eigenvalue weighted by Crippen LogP contribution is 2.46. The van der Waals surface area contributed by atoms with Crippen LogP contribution < -0.4 is 15.4 Å². The summed E-state index contributed by atoms with van der Waals surface area (Å²) in [5.41, 5.74) is -1.18. The quantitative estimate of drug-likeness (QED) is 0.384. The summed E-state index contributed by atoms with van der Waals surface area (Å²) in [6.45, 7) is 5.20. The molecule has 1 aromatic carbocycles. The van der Waals surface area contributed by atoms with E-state index in [1.54, 1.807) is 32.9 Å². The SMILES string of the molecule is CC(C)(C)NC(=O)OC1CCCCC/C=C\[C@@H]2C[C@@]2(C(=O)NS(=O)(=O)C2CC2)NC(=O)[C@H]2C[C@@H](OC(=O)N3Cc4cccc(F)c4C3)CN2C1=O. The molecule has 0 aromatic heterocycles. The van der Waals surface area contributed by atoms with E-state index in [1.807, 2.05) is 12.2 Å². The molecule has 1 aromatic rings. The molecule has 16 heteroatoms. The van der Waals surface area contributed by atoms with Gasteiger partial charge in [-0.3, -0.25) is 24.0 Å². The molecular weight excluding hydrogens is 685 g/mol. The van der Waals surface area contributed by atoms with E-state index in [0.29, 0.717) is 43.2 Å². The molecular formula is C35H46FN5O9S. The minimum Gasteiger partial charge on any atom is -0.444 e. The summed E-state index contributed by atoms with van der Waals surface area (Å²) in [7, 11) is -3.92. The molecule has 0 bridgehead atoms. The zero-order chi connectivity index (χ0) is 36.7. The second-order valence-corrected chi connectivity index (χ2v) is 17.2. The van der Waals surface area contributed by atoms with Crippen LogP contribution in [0.1, 0.15) is 89.7 Å². The van der Waals surface area contributed by atoms with E-state index < -0.39 is 86.2 Å². The van der Waals surface area contributed by atoms with E-state index in [2.05, 4.69) is 15.4 Å². The highest BCUT2D eigenvalue weighted by molar-refractivity contribution is 7.91. The number of hydrogen-bond donors (Lipinski definition) is 3. The molecule has 3 N–H and O–H groups in total. The number of ether oxygens (including phenoxy) is 2. The molecule has 5 amide bonds. The Morgan fingerprint density at radius 2 is 1.80 bits per heavy atom. The van der Waals surface area contributed by atoms with E-state index in [9.17, 15) is 36.8 Å². The van der Waals surface area contributed by atoms with E-state index in [4.69, 9.17) is 9.47 Å². The standard InChI is InChI=1S/C35H46FN5O9S/c1-34(2,3)38-32(45)50-28-13-8-6-4-5-7-11-22-17-35(22,31(44)39-51(47,48)24-14-15-24)37-29(42)27-16-23(19-41(27)30(28)43)49-33(46)40-18-21-10-9-12-26(36)25(21)20-40/h7,9-12,22-24,27-28H,4-6,8,13-20H2,1-3H3,(H,37,42)(H,38,45)(H,39,44)/b11-7-/t22-,23-,27-,28?,35-/m1/s1. The third-order valence-corrected chi connectivity index (χ3v) is 11.8. The maximum Gasteiger partial charge on any atom is 0.410 e. The lowest BCUT2D eigenvalue weighted by atomic mass is 10.1. The Balaban J connectivity index is 1.25. The lowest BCUT2D eigenvalue weighted by Crippen LogP contribution is -2.57. The Morgan fingerprint density at radius 1 is 1.04 bits per heavy atom. The number of carbonyl (C=O) groups excluding carboxylic acids is 5. The highest BCUT2D eigenvalue weighted by Gasteiger charge is 2.62. The van der Waals surface area contributed by atoms with E-state index in [0.717, 1.165) is 6.42 Å². The lowest BCUT2D eigenvalue weighted by Gasteiger charge is -2.30. The van der Waals surface area contributed by atoms with Gasteiger partial charge in [0.15, 0.2) is 6.10 Å². The second kappa shape index (κ2) is 14.1. The number of allylic oxidation sites excluding steroid dienone is 1. The smallest absolute Gasteiger partial charge is 0.410 e. The summed E-state index contributed by atoms with van der Waals surface area (Å²) in [5.74, 6) is -3.16. The predicted octanol–water partition coefficient (Wildman–Crippen LogP) is 3.14. The molecule has 1 unspecified atom stereocenters. The molecule has 14 nitrogen and oxygen atoms in total. The number of fused-ring (bicyclic) bond motifs is 3. The molecule has 3 aliphatic heterocycles. The zero-order valence-electron chi connectivity index (χ0n) is 29.1. The van der Waals surface area contributed by atoms with Gasteiger partial charge >= 0.3 is 12.2 Å². The van der Waals surface area contributed by atoms with Crippen LogP contribution in [0.15, 0.2) is 30.4 Å². The first-order valence-electron chi connectivity index (χ1n) is 17.6. The first kappa shape index (κ1) is 36.6. The minimum atomic E-state index is -3.92. The van der Waals surface area contributed by atoms with Crippen LogP contribution >= 0.6 is 0 Å². The second-order valence-electron chi connectivity index (χ2n) is 15.3. The predicted molar refractivity (Wildman–Crippen MR) is 180 cm³/mol. The van der Waals surface area contributed by atoms with Crippen LogP contribution in [0.2, 0.25) is 0 Å². The number of benzene rings is 1. The average Bonchev–Trinajstić information content (AvgIpc) is 3.93. The van der Waals surface area contributed by atoms with Crippen molar-refractivity contribution < 1.29 is 46.3 Å². The first-order chi connectivity index (χ1) is 24.1. The van der Waals surface area contributed by atoms with Crippen LogP contribution in [0.25, 0.3) is 0 Å². The van der Waals surface area contributed by atoms with Gasteiger partial charge in [-0.25, -0.2) is 22.4 Å². The Hall–Kier alpha value is -4.21. The zero-order valence-corrected chi connectivity index (χ0v) is 29.9. The normalized spacial score (nSPS) is 28.9. The van der Waals surface area contributed by atoms with Crippen molar-refractivity contribution in [1.29, 1.82) is 0 Å². The van der Waals surface area contributed by atoms with E-state index >= 15 is 0 Å². The molecule has 1 saturated heterocycles. The topological polar surface area (TPSA) is 181 Å². The van der Waals surface area contributed by atoms with Gasteiger partial charge in [0, 0.05) is 30.0 Å². The lowest BCUT2D eigenvalue weighted by molar-refractivity contribution is -0.146. The van der Waals surface area contributed by atoms with Gasteiger partial charge in [0.2, 0.25) is 15.9 Å². The Kier molecular flexibility index (Phi) is 10.1. The number of nitrogens with one attached hydrogen (secondary N) is 3. The fraction of sp³-hybridized carbons (Fsp3) is 0.629. The molecule has 2 saturated carbocycles. The van der Waals surface area contributed by atoms with Crippen LogP contribution in [-0.4, -0.2) is 89.2 Å². The number of carbonyl (C=O) groups is 5. The minimum absolute atomic E-state index is 0.00474. The summed E-state index contributed by atoms with van der Waals surface area (Å²) in [5, 5.41) is 4.80. The number of rotatable bonds is 5. The Morgan fingerprint density at radius 3 is 2.51 bits per heavy atom. The van der Waals surface area contributed by atoms with Gasteiger partial charge in [-0.2, -0.15) is 0 Å². The molecule has 2 aliphatic carbocycles. The van der Waals surface area contributed by atoms with Gasteiger partial charge in [0.05, 0.1) is 18.3 Å². The van der Waals surface area contributed by atoms with E-state index in [-0.39, 0.29) is 38.9 Å². The molecule has 51 heavy (non-hydrogen) atoms. The molecule has 278 valence electrons. The summed E-state index contributed by atoms with van der Waals surface area (Å²) in [6.07, 6.45) is 3.65. The molecule has 3 heterocycles. The van der Waals surface area contributed by atoms with Gasteiger partial charge in [0.25, 0.3) is 11.8 Å². The van der Waals surface area contributed by atoms with Crippen molar-refractivity contribution in [1.82, 2.24) is 25.2 Å². The van der Waals surface area contributed by atoms with E-state index in [1.165, 1.54) is 15.9 Å².